The number of fused-ring (bicyclic) bond motifs is 5. The lowest BCUT2D eigenvalue weighted by molar-refractivity contribution is -0.136. The summed E-state index contributed by atoms with van der Waals surface area (Å²) < 4.78 is 0. The number of ketones is 1. The second-order valence-corrected chi connectivity index (χ2v) is 11.2. The molecule has 2 amide bonds. The monoisotopic (exact) mass is 428 g/mol. The minimum absolute atomic E-state index is 0.00649. The number of carbonyl (C=O) groups excluding carboxylic acids is 3. The van der Waals surface area contributed by atoms with Crippen LogP contribution < -0.4 is 10.6 Å². The fourth-order valence-corrected chi connectivity index (χ4v) is 7.73. The Morgan fingerprint density at radius 2 is 1.94 bits per heavy atom. The van der Waals surface area contributed by atoms with Crippen molar-refractivity contribution in [2.75, 3.05) is 0 Å². The number of Topliss-reactive ketones (excluding diaryl/α,β-unsaturated/α-hetero) is 1. The molecule has 3 unspecified atom stereocenters. The number of nitrogens with one attached hydrogen (secondary N) is 2. The van der Waals surface area contributed by atoms with Crippen molar-refractivity contribution in [2.45, 2.75) is 97.6 Å². The molecular formula is C26H40N2O3. The number of hydrogen-bond acceptors (Lipinski definition) is 3. The summed E-state index contributed by atoms with van der Waals surface area (Å²) in [4.78, 5) is 37.5. The molecule has 4 rings (SSSR count). The third-order valence-corrected chi connectivity index (χ3v) is 9.62. The summed E-state index contributed by atoms with van der Waals surface area (Å²) in [6.45, 7) is 8.59. The van der Waals surface area contributed by atoms with Gasteiger partial charge >= 0.3 is 0 Å². The standard InChI is InChI=1S/C26H40N2O3/c1-5-6-7-21(29)16(2)27-24(31)20-10-9-18-17-8-11-22-26(4,15-13-23(30)28-22)19(17)12-14-25(18,20)3/h13,15-20,22H,5-12,14H2,1-4H3,(H,27,31)(H,28,30)/t16?,17-,18-,19+,20?,22?,25-,26+/m0/s1. The van der Waals surface area contributed by atoms with Crippen LogP contribution in [0.25, 0.3) is 0 Å². The van der Waals surface area contributed by atoms with Gasteiger partial charge in [0.1, 0.15) is 0 Å². The predicted octanol–water partition coefficient (Wildman–Crippen LogP) is 4.16. The quantitative estimate of drug-likeness (QED) is 0.667. The van der Waals surface area contributed by atoms with E-state index in [0.717, 1.165) is 51.4 Å². The van der Waals surface area contributed by atoms with E-state index in [0.29, 0.717) is 24.2 Å². The molecule has 0 aromatic carbocycles. The summed E-state index contributed by atoms with van der Waals surface area (Å²) in [5.74, 6) is 2.02. The number of amides is 2. The Labute approximate surface area is 187 Å². The van der Waals surface area contributed by atoms with Gasteiger partial charge in [0.2, 0.25) is 11.8 Å². The van der Waals surface area contributed by atoms with Gasteiger partial charge in [-0.3, -0.25) is 14.4 Å². The topological polar surface area (TPSA) is 75.3 Å². The average molecular weight is 429 g/mol. The van der Waals surface area contributed by atoms with E-state index in [1.807, 2.05) is 6.92 Å². The highest BCUT2D eigenvalue weighted by atomic mass is 16.2. The minimum Gasteiger partial charge on any atom is -0.349 e. The maximum Gasteiger partial charge on any atom is 0.243 e. The Morgan fingerprint density at radius 3 is 2.68 bits per heavy atom. The smallest absolute Gasteiger partial charge is 0.243 e. The van der Waals surface area contributed by atoms with Crippen LogP contribution in [0.3, 0.4) is 0 Å². The molecule has 5 nitrogen and oxygen atoms in total. The minimum atomic E-state index is -0.386. The van der Waals surface area contributed by atoms with E-state index in [9.17, 15) is 14.4 Å². The largest absolute Gasteiger partial charge is 0.349 e. The van der Waals surface area contributed by atoms with Crippen LogP contribution in [0.4, 0.5) is 0 Å². The van der Waals surface area contributed by atoms with E-state index in [-0.39, 0.29) is 46.4 Å². The third-order valence-electron chi connectivity index (χ3n) is 9.62. The summed E-state index contributed by atoms with van der Waals surface area (Å²) in [6.07, 6.45) is 12.7. The van der Waals surface area contributed by atoms with Crippen molar-refractivity contribution in [3.05, 3.63) is 12.2 Å². The Morgan fingerprint density at radius 1 is 1.16 bits per heavy atom. The fraction of sp³-hybridized carbons (Fsp3) is 0.808. The van der Waals surface area contributed by atoms with Crippen molar-refractivity contribution in [1.29, 1.82) is 0 Å². The van der Waals surface area contributed by atoms with Crippen LogP contribution in [0.5, 0.6) is 0 Å². The predicted molar refractivity (Wildman–Crippen MR) is 121 cm³/mol. The second-order valence-electron chi connectivity index (χ2n) is 11.2. The summed E-state index contributed by atoms with van der Waals surface area (Å²) in [6, 6.07) is -0.144. The van der Waals surface area contributed by atoms with Crippen LogP contribution in [-0.2, 0) is 14.4 Å². The zero-order chi connectivity index (χ0) is 22.4. The molecule has 0 aromatic heterocycles. The molecule has 4 aliphatic rings. The van der Waals surface area contributed by atoms with Gasteiger partial charge in [-0.2, -0.15) is 0 Å². The van der Waals surface area contributed by atoms with Crippen LogP contribution >= 0.6 is 0 Å². The molecular weight excluding hydrogens is 388 g/mol. The van der Waals surface area contributed by atoms with Crippen molar-refractivity contribution in [1.82, 2.24) is 10.6 Å². The van der Waals surface area contributed by atoms with Gasteiger partial charge in [0.05, 0.1) is 6.04 Å². The number of carbonyl (C=O) groups is 3. The molecule has 3 aliphatic carbocycles. The zero-order valence-electron chi connectivity index (χ0n) is 19.7. The van der Waals surface area contributed by atoms with Gasteiger partial charge in [0.15, 0.2) is 5.78 Å². The molecule has 3 fully saturated rings. The Balaban J connectivity index is 1.47. The first-order valence-electron chi connectivity index (χ1n) is 12.5. The van der Waals surface area contributed by atoms with E-state index in [1.165, 1.54) is 0 Å². The lowest BCUT2D eigenvalue weighted by atomic mass is 9.48. The Bertz CT molecular complexity index is 777. The van der Waals surface area contributed by atoms with Crippen LogP contribution in [0, 0.1) is 34.5 Å². The zero-order valence-corrected chi connectivity index (χ0v) is 19.7. The molecule has 1 aliphatic heterocycles. The molecule has 8 atom stereocenters. The SMILES string of the molecule is CCCCC(=O)C(C)NC(=O)C1CC[C@H]2[C@@H]3CCC4NC(=O)C=C[C@]4(C)[C@@H]3CC[C@]12C. The number of hydrogen-bond donors (Lipinski definition) is 2. The van der Waals surface area contributed by atoms with Crippen molar-refractivity contribution >= 4 is 17.6 Å². The molecule has 3 saturated carbocycles. The van der Waals surface area contributed by atoms with E-state index in [1.54, 1.807) is 6.08 Å². The van der Waals surface area contributed by atoms with Gasteiger partial charge in [0.25, 0.3) is 0 Å². The molecule has 0 radical (unpaired) electrons. The van der Waals surface area contributed by atoms with E-state index < -0.39 is 0 Å². The molecule has 0 aromatic rings. The van der Waals surface area contributed by atoms with Crippen LogP contribution in [-0.4, -0.2) is 29.7 Å². The molecule has 31 heavy (non-hydrogen) atoms. The van der Waals surface area contributed by atoms with Crippen molar-refractivity contribution < 1.29 is 14.4 Å². The second kappa shape index (κ2) is 8.37. The highest BCUT2D eigenvalue weighted by Crippen LogP contribution is 2.65. The summed E-state index contributed by atoms with van der Waals surface area (Å²) >= 11 is 0. The van der Waals surface area contributed by atoms with Crippen molar-refractivity contribution in [2.24, 2.45) is 34.5 Å². The molecule has 1 heterocycles. The van der Waals surface area contributed by atoms with Gasteiger partial charge in [-0.15, -0.1) is 0 Å². The van der Waals surface area contributed by atoms with Crippen LogP contribution in [0.1, 0.15) is 85.5 Å². The lowest BCUT2D eigenvalue weighted by Gasteiger charge is -2.58. The normalized spacial score (nSPS) is 42.1. The van der Waals surface area contributed by atoms with Crippen LogP contribution in [0.15, 0.2) is 12.2 Å². The molecule has 2 N–H and O–H groups in total. The molecule has 0 spiro atoms. The maximum atomic E-state index is 13.3. The fourth-order valence-electron chi connectivity index (χ4n) is 7.73. The molecule has 0 bridgehead atoms. The van der Waals surface area contributed by atoms with Gasteiger partial charge < -0.3 is 10.6 Å². The average Bonchev–Trinajstić information content (AvgIpc) is 3.09. The summed E-state index contributed by atoms with van der Waals surface area (Å²) in [5, 5.41) is 6.28. The Hall–Kier alpha value is -1.65. The third kappa shape index (κ3) is 3.76. The molecule has 5 heteroatoms. The molecule has 172 valence electrons. The van der Waals surface area contributed by atoms with Crippen LogP contribution in [0.2, 0.25) is 0 Å². The number of unbranched alkanes of at least 4 members (excludes halogenated alkanes) is 1. The molecule has 0 saturated heterocycles. The highest BCUT2D eigenvalue weighted by Gasteiger charge is 2.60. The van der Waals surface area contributed by atoms with Gasteiger partial charge in [-0.05, 0) is 81.1 Å². The first kappa shape index (κ1) is 22.5. The lowest BCUT2D eigenvalue weighted by Crippen LogP contribution is -2.59. The maximum absolute atomic E-state index is 13.3. The van der Waals surface area contributed by atoms with E-state index >= 15 is 0 Å². The first-order valence-corrected chi connectivity index (χ1v) is 12.5. The van der Waals surface area contributed by atoms with E-state index in [2.05, 4.69) is 37.5 Å². The van der Waals surface area contributed by atoms with Gasteiger partial charge in [0, 0.05) is 23.8 Å². The summed E-state index contributed by atoms with van der Waals surface area (Å²) in [7, 11) is 0. The highest BCUT2D eigenvalue weighted by molar-refractivity contribution is 5.90. The van der Waals surface area contributed by atoms with E-state index in [4.69, 9.17) is 0 Å². The van der Waals surface area contributed by atoms with Gasteiger partial charge in [-0.25, -0.2) is 0 Å². The van der Waals surface area contributed by atoms with Gasteiger partial charge in [-0.1, -0.05) is 33.3 Å². The Kier molecular flexibility index (Phi) is 6.08. The summed E-state index contributed by atoms with van der Waals surface area (Å²) in [5.41, 5.74) is 0.0426. The van der Waals surface area contributed by atoms with Crippen molar-refractivity contribution in [3.8, 4) is 0 Å². The first-order chi connectivity index (χ1) is 14.7. The number of rotatable bonds is 6. The van der Waals surface area contributed by atoms with Crippen molar-refractivity contribution in [3.63, 3.8) is 0 Å².